The maximum atomic E-state index is 11.6. The Kier molecular flexibility index (Phi) is 4.08. The first-order valence-corrected chi connectivity index (χ1v) is 5.14. The Hall–Kier alpha value is -2.05. The van der Waals surface area contributed by atoms with Gasteiger partial charge in [-0.05, 0) is 13.0 Å². The number of rotatable bonds is 4. The van der Waals surface area contributed by atoms with E-state index in [4.69, 9.17) is 5.11 Å². The number of nitrogens with one attached hydrogen (secondary N) is 1. The number of carbonyl (C=O) groups is 2. The first-order chi connectivity index (χ1) is 7.93. The average Bonchev–Trinajstić information content (AvgIpc) is 2.69. The molecule has 0 spiro atoms. The summed E-state index contributed by atoms with van der Waals surface area (Å²) in [6.45, 7) is 1.76. The molecule has 1 aromatic heterocycles. The van der Waals surface area contributed by atoms with Crippen LogP contribution in [0.5, 0.6) is 0 Å². The minimum Gasteiger partial charge on any atom is -0.480 e. The second kappa shape index (κ2) is 5.33. The van der Waals surface area contributed by atoms with Crippen molar-refractivity contribution in [3.05, 3.63) is 18.0 Å². The molecule has 2 N–H and O–H groups in total. The van der Waals surface area contributed by atoms with Gasteiger partial charge in [-0.1, -0.05) is 0 Å². The number of carboxylic acid groups (broad SMARTS) is 1. The molecule has 7 nitrogen and oxygen atoms in total. The summed E-state index contributed by atoms with van der Waals surface area (Å²) in [5, 5.41) is 15.3. The van der Waals surface area contributed by atoms with E-state index < -0.39 is 18.0 Å². The maximum Gasteiger partial charge on any atom is 0.326 e. The van der Waals surface area contributed by atoms with E-state index in [1.54, 1.807) is 24.0 Å². The van der Waals surface area contributed by atoms with Gasteiger partial charge in [0.05, 0.1) is 12.2 Å². The number of aliphatic carboxylic acids is 1. The molecule has 2 amide bonds. The lowest BCUT2D eigenvalue weighted by molar-refractivity contribution is -0.141. The molecule has 0 bridgehead atoms. The number of nitrogens with zero attached hydrogens (tertiary/aromatic N) is 3. The third kappa shape index (κ3) is 3.20. The van der Waals surface area contributed by atoms with Crippen LogP contribution in [0.15, 0.2) is 12.3 Å². The molecule has 1 aromatic rings. The number of hydrogen-bond acceptors (Lipinski definition) is 3. The molecule has 1 heterocycles. The number of carboxylic acids is 1. The molecule has 0 aliphatic carbocycles. The van der Waals surface area contributed by atoms with E-state index in [1.165, 1.54) is 14.0 Å². The van der Waals surface area contributed by atoms with E-state index in [0.717, 1.165) is 10.6 Å². The van der Waals surface area contributed by atoms with Gasteiger partial charge in [0, 0.05) is 20.3 Å². The first kappa shape index (κ1) is 13.0. The molecule has 0 aliphatic rings. The molecule has 0 aliphatic heterocycles. The third-order valence-electron chi connectivity index (χ3n) is 2.60. The fourth-order valence-electron chi connectivity index (χ4n) is 1.21. The van der Waals surface area contributed by atoms with Crippen LogP contribution >= 0.6 is 0 Å². The lowest BCUT2D eigenvalue weighted by Gasteiger charge is -2.21. The van der Waals surface area contributed by atoms with Gasteiger partial charge >= 0.3 is 12.0 Å². The molecular formula is C10H16N4O3. The Labute approximate surface area is 99.0 Å². The number of likely N-dealkylation sites (N-methyl/N-ethyl adjacent to an activating group) is 1. The maximum absolute atomic E-state index is 11.6. The fourth-order valence-corrected chi connectivity index (χ4v) is 1.21. The zero-order valence-electron chi connectivity index (χ0n) is 10.0. The molecule has 0 aromatic carbocycles. The summed E-state index contributed by atoms with van der Waals surface area (Å²) in [5.41, 5.74) is 0.842. The molecular weight excluding hydrogens is 224 g/mol. The molecule has 0 radical (unpaired) electrons. The van der Waals surface area contributed by atoms with Gasteiger partial charge in [0.25, 0.3) is 0 Å². The second-order valence-electron chi connectivity index (χ2n) is 3.73. The predicted octanol–water partition coefficient (Wildman–Crippen LogP) is 0.0346. The summed E-state index contributed by atoms with van der Waals surface area (Å²) < 4.78 is 1.64. The van der Waals surface area contributed by atoms with Crippen LogP contribution < -0.4 is 5.32 Å². The molecule has 94 valence electrons. The van der Waals surface area contributed by atoms with E-state index in [9.17, 15) is 9.59 Å². The van der Waals surface area contributed by atoms with E-state index in [1.807, 2.05) is 0 Å². The molecule has 7 heteroatoms. The van der Waals surface area contributed by atoms with Crippen LogP contribution in [-0.4, -0.2) is 44.9 Å². The van der Waals surface area contributed by atoms with Crippen molar-refractivity contribution in [2.24, 2.45) is 7.05 Å². The van der Waals surface area contributed by atoms with Gasteiger partial charge in [-0.15, -0.1) is 0 Å². The topological polar surface area (TPSA) is 87.5 Å². The summed E-state index contributed by atoms with van der Waals surface area (Å²) in [6, 6.07) is 0.489. The Morgan fingerprint density at radius 2 is 2.29 bits per heavy atom. The van der Waals surface area contributed by atoms with Crippen LogP contribution in [0.2, 0.25) is 0 Å². The minimum atomic E-state index is -1.04. The van der Waals surface area contributed by atoms with Crippen molar-refractivity contribution in [3.63, 3.8) is 0 Å². The molecule has 0 fully saturated rings. The monoisotopic (exact) mass is 240 g/mol. The zero-order valence-corrected chi connectivity index (χ0v) is 10.0. The summed E-state index contributed by atoms with van der Waals surface area (Å²) in [5.74, 6) is -1.04. The number of amides is 2. The van der Waals surface area contributed by atoms with Crippen molar-refractivity contribution < 1.29 is 14.7 Å². The summed E-state index contributed by atoms with van der Waals surface area (Å²) in [4.78, 5) is 23.5. The van der Waals surface area contributed by atoms with Crippen molar-refractivity contribution in [1.82, 2.24) is 20.0 Å². The average molecular weight is 240 g/mol. The molecule has 1 rings (SSSR count). The van der Waals surface area contributed by atoms with Crippen molar-refractivity contribution in [2.75, 3.05) is 7.05 Å². The standard InChI is InChI=1S/C10H16N4O3/c1-7(9(15)16)13(2)10(17)11-6-8-4-5-12-14(8)3/h4-5,7H,6H2,1-3H3,(H,11,17)(H,15,16). The minimum absolute atomic E-state index is 0.312. The van der Waals surface area contributed by atoms with Gasteiger partial charge in [0.15, 0.2) is 0 Å². The highest BCUT2D eigenvalue weighted by atomic mass is 16.4. The van der Waals surface area contributed by atoms with Crippen molar-refractivity contribution in [3.8, 4) is 0 Å². The number of hydrogen-bond donors (Lipinski definition) is 2. The van der Waals surface area contributed by atoms with Crippen LogP contribution in [0.3, 0.4) is 0 Å². The normalized spacial score (nSPS) is 11.9. The first-order valence-electron chi connectivity index (χ1n) is 5.14. The van der Waals surface area contributed by atoms with Crippen LogP contribution in [0.25, 0.3) is 0 Å². The zero-order chi connectivity index (χ0) is 13.0. The predicted molar refractivity (Wildman–Crippen MR) is 60.3 cm³/mol. The second-order valence-corrected chi connectivity index (χ2v) is 3.73. The van der Waals surface area contributed by atoms with Crippen molar-refractivity contribution >= 4 is 12.0 Å². The lowest BCUT2D eigenvalue weighted by atomic mass is 10.3. The van der Waals surface area contributed by atoms with Gasteiger partial charge < -0.3 is 15.3 Å². The number of urea groups is 1. The van der Waals surface area contributed by atoms with Crippen LogP contribution in [0.1, 0.15) is 12.6 Å². The fraction of sp³-hybridized carbons (Fsp3) is 0.500. The Balaban J connectivity index is 2.50. The van der Waals surface area contributed by atoms with Crippen molar-refractivity contribution in [1.29, 1.82) is 0 Å². The van der Waals surface area contributed by atoms with Gasteiger partial charge in [-0.2, -0.15) is 5.10 Å². The van der Waals surface area contributed by atoms with Crippen LogP contribution in [0, 0.1) is 0 Å². The van der Waals surface area contributed by atoms with E-state index >= 15 is 0 Å². The highest BCUT2D eigenvalue weighted by Crippen LogP contribution is 1.99. The number of aryl methyl sites for hydroxylation is 1. The van der Waals surface area contributed by atoms with E-state index in [2.05, 4.69) is 10.4 Å². The Morgan fingerprint density at radius 1 is 1.65 bits per heavy atom. The van der Waals surface area contributed by atoms with Crippen LogP contribution in [-0.2, 0) is 18.4 Å². The Bertz CT molecular complexity index is 415. The quantitative estimate of drug-likeness (QED) is 0.777. The lowest BCUT2D eigenvalue weighted by Crippen LogP contribution is -2.45. The highest BCUT2D eigenvalue weighted by Gasteiger charge is 2.21. The third-order valence-corrected chi connectivity index (χ3v) is 2.60. The number of carbonyl (C=O) groups excluding carboxylic acids is 1. The molecule has 17 heavy (non-hydrogen) atoms. The van der Waals surface area contributed by atoms with Crippen molar-refractivity contribution in [2.45, 2.75) is 19.5 Å². The molecule has 0 saturated carbocycles. The van der Waals surface area contributed by atoms with Gasteiger partial charge in [0.2, 0.25) is 0 Å². The van der Waals surface area contributed by atoms with Gasteiger partial charge in [-0.25, -0.2) is 9.59 Å². The van der Waals surface area contributed by atoms with Gasteiger partial charge in [-0.3, -0.25) is 4.68 Å². The van der Waals surface area contributed by atoms with Crippen LogP contribution in [0.4, 0.5) is 4.79 Å². The SMILES string of the molecule is CC(C(=O)O)N(C)C(=O)NCc1ccnn1C. The highest BCUT2D eigenvalue weighted by molar-refractivity contribution is 5.82. The largest absolute Gasteiger partial charge is 0.480 e. The Morgan fingerprint density at radius 3 is 2.76 bits per heavy atom. The summed E-state index contributed by atoms with van der Waals surface area (Å²) >= 11 is 0. The smallest absolute Gasteiger partial charge is 0.326 e. The summed E-state index contributed by atoms with van der Waals surface area (Å²) in [7, 11) is 3.21. The molecule has 0 saturated heterocycles. The summed E-state index contributed by atoms with van der Waals surface area (Å²) in [6.07, 6.45) is 1.63. The molecule has 1 unspecified atom stereocenters. The van der Waals surface area contributed by atoms with Gasteiger partial charge in [0.1, 0.15) is 6.04 Å². The number of aromatic nitrogens is 2. The van der Waals surface area contributed by atoms with E-state index in [0.29, 0.717) is 6.54 Å². The molecule has 1 atom stereocenters. The van der Waals surface area contributed by atoms with E-state index in [-0.39, 0.29) is 0 Å².